The van der Waals surface area contributed by atoms with E-state index in [1.807, 2.05) is 30.5 Å². The van der Waals surface area contributed by atoms with Crippen molar-refractivity contribution in [2.45, 2.75) is 0 Å². The normalized spacial score (nSPS) is 11.2. The molecule has 0 saturated heterocycles. The van der Waals surface area contributed by atoms with Crippen LogP contribution in [0.3, 0.4) is 0 Å². The van der Waals surface area contributed by atoms with Crippen LogP contribution in [0.1, 0.15) is 10.4 Å². The number of carbonyl (C=O) groups excluding carboxylic acids is 1. The molecule has 4 rings (SSSR count). The van der Waals surface area contributed by atoms with Crippen LogP contribution >= 0.6 is 0 Å². The number of rotatable bonds is 2. The number of aromatic nitrogens is 4. The van der Waals surface area contributed by atoms with Crippen LogP contribution < -0.4 is 5.56 Å². The van der Waals surface area contributed by atoms with E-state index in [1.165, 1.54) is 23.9 Å². The van der Waals surface area contributed by atoms with Crippen molar-refractivity contribution in [1.29, 1.82) is 0 Å². The van der Waals surface area contributed by atoms with Gasteiger partial charge in [0.05, 0.1) is 12.7 Å². The molecule has 114 valence electrons. The summed E-state index contributed by atoms with van der Waals surface area (Å²) in [5.41, 5.74) is 2.00. The van der Waals surface area contributed by atoms with Crippen molar-refractivity contribution in [3.05, 3.63) is 58.6 Å². The Morgan fingerprint density at radius 2 is 2.17 bits per heavy atom. The zero-order chi connectivity index (χ0) is 16.0. The number of nitrogens with one attached hydrogen (secondary N) is 2. The quantitative estimate of drug-likeness (QED) is 0.554. The summed E-state index contributed by atoms with van der Waals surface area (Å²) in [5.74, 6) is -0.0797. The number of hydrogen-bond acceptors (Lipinski definition) is 4. The van der Waals surface area contributed by atoms with Gasteiger partial charge < -0.3 is 14.7 Å². The van der Waals surface area contributed by atoms with E-state index < -0.39 is 5.97 Å². The second-order valence-electron chi connectivity index (χ2n) is 5.10. The van der Waals surface area contributed by atoms with E-state index in [-0.39, 0.29) is 16.6 Å². The van der Waals surface area contributed by atoms with Gasteiger partial charge in [-0.1, -0.05) is 12.1 Å². The van der Waals surface area contributed by atoms with Crippen LogP contribution in [-0.2, 0) is 4.74 Å². The Bertz CT molecular complexity index is 1100. The number of fused-ring (bicyclic) bond motifs is 2. The van der Waals surface area contributed by atoms with Crippen molar-refractivity contribution in [3.8, 4) is 11.4 Å². The third kappa shape index (κ3) is 2.02. The Kier molecular flexibility index (Phi) is 2.80. The van der Waals surface area contributed by atoms with Crippen LogP contribution in [0.25, 0.3) is 27.8 Å². The van der Waals surface area contributed by atoms with Crippen molar-refractivity contribution in [2.24, 2.45) is 0 Å². The number of carbonyl (C=O) groups is 1. The van der Waals surface area contributed by atoms with E-state index in [2.05, 4.69) is 19.8 Å². The lowest BCUT2D eigenvalue weighted by Crippen LogP contribution is -2.13. The first kappa shape index (κ1) is 13.3. The lowest BCUT2D eigenvalue weighted by atomic mass is 10.1. The van der Waals surface area contributed by atoms with Crippen LogP contribution in [0.5, 0.6) is 0 Å². The van der Waals surface area contributed by atoms with Gasteiger partial charge in [-0.15, -0.1) is 5.10 Å². The fraction of sp³-hybridized carbons (Fsp3) is 0.0625. The Hall–Kier alpha value is -3.35. The van der Waals surface area contributed by atoms with Crippen molar-refractivity contribution < 1.29 is 9.53 Å². The van der Waals surface area contributed by atoms with Gasteiger partial charge in [-0.3, -0.25) is 4.79 Å². The van der Waals surface area contributed by atoms with Gasteiger partial charge in [-0.05, 0) is 18.2 Å². The third-order valence-electron chi connectivity index (χ3n) is 3.74. The first-order chi connectivity index (χ1) is 11.2. The Labute approximate surface area is 129 Å². The Morgan fingerprint density at radius 3 is 3.00 bits per heavy atom. The molecule has 0 aliphatic heterocycles. The average molecular weight is 308 g/mol. The molecule has 0 radical (unpaired) electrons. The SMILES string of the molecule is COC(=O)c1cc2c(=O)[nH]c(-c3cccc4[nH]ccc34)nn2c1. The summed E-state index contributed by atoms with van der Waals surface area (Å²) in [6.07, 6.45) is 3.31. The van der Waals surface area contributed by atoms with Gasteiger partial charge in [-0.2, -0.15) is 0 Å². The van der Waals surface area contributed by atoms with Gasteiger partial charge in [0, 0.05) is 28.9 Å². The molecule has 0 spiro atoms. The second kappa shape index (κ2) is 4.84. The molecule has 1 aromatic carbocycles. The summed E-state index contributed by atoms with van der Waals surface area (Å²) in [5, 5.41) is 5.37. The molecule has 3 aromatic heterocycles. The van der Waals surface area contributed by atoms with Crippen molar-refractivity contribution in [1.82, 2.24) is 19.6 Å². The minimum atomic E-state index is -0.510. The molecule has 4 aromatic rings. The minimum absolute atomic E-state index is 0.280. The molecular formula is C16H12N4O3. The highest BCUT2D eigenvalue weighted by molar-refractivity contribution is 5.93. The van der Waals surface area contributed by atoms with E-state index in [0.29, 0.717) is 5.82 Å². The molecule has 7 heteroatoms. The maximum Gasteiger partial charge on any atom is 0.339 e. The average Bonchev–Trinajstić information content (AvgIpc) is 3.20. The van der Waals surface area contributed by atoms with E-state index in [1.54, 1.807) is 0 Å². The summed E-state index contributed by atoms with van der Waals surface area (Å²) in [6, 6.07) is 9.09. The molecule has 0 amide bonds. The third-order valence-corrected chi connectivity index (χ3v) is 3.74. The number of benzene rings is 1. The number of aromatic amines is 2. The van der Waals surface area contributed by atoms with Crippen LogP contribution in [-0.4, -0.2) is 32.7 Å². The lowest BCUT2D eigenvalue weighted by Gasteiger charge is -2.03. The first-order valence-electron chi connectivity index (χ1n) is 6.95. The standard InChI is InChI=1S/C16H12N4O3/c1-23-16(22)9-7-13-15(21)18-14(19-20(13)8-9)11-3-2-4-12-10(11)5-6-17-12/h2-8,17H,1H3,(H,18,19,21). The monoisotopic (exact) mass is 308 g/mol. The first-order valence-corrected chi connectivity index (χ1v) is 6.95. The summed E-state index contributed by atoms with van der Waals surface area (Å²) in [6.45, 7) is 0. The summed E-state index contributed by atoms with van der Waals surface area (Å²) in [4.78, 5) is 29.8. The number of ether oxygens (including phenoxy) is 1. The fourth-order valence-corrected chi connectivity index (χ4v) is 2.65. The summed E-state index contributed by atoms with van der Waals surface area (Å²) in [7, 11) is 1.29. The van der Waals surface area contributed by atoms with Gasteiger partial charge in [0.15, 0.2) is 5.82 Å². The minimum Gasteiger partial charge on any atom is -0.465 e. The molecule has 7 nitrogen and oxygen atoms in total. The maximum atomic E-state index is 12.3. The molecule has 0 aliphatic rings. The van der Waals surface area contributed by atoms with Gasteiger partial charge in [0.1, 0.15) is 5.52 Å². The molecule has 23 heavy (non-hydrogen) atoms. The van der Waals surface area contributed by atoms with Crippen molar-refractivity contribution >= 4 is 22.4 Å². The van der Waals surface area contributed by atoms with Crippen molar-refractivity contribution in [3.63, 3.8) is 0 Å². The zero-order valence-corrected chi connectivity index (χ0v) is 12.2. The molecular weight excluding hydrogens is 296 g/mol. The van der Waals surface area contributed by atoms with Crippen LogP contribution in [0, 0.1) is 0 Å². The van der Waals surface area contributed by atoms with Crippen molar-refractivity contribution in [2.75, 3.05) is 7.11 Å². The van der Waals surface area contributed by atoms with Gasteiger partial charge in [-0.25, -0.2) is 9.31 Å². The predicted molar refractivity (Wildman–Crippen MR) is 84.4 cm³/mol. The number of hydrogen-bond donors (Lipinski definition) is 2. The van der Waals surface area contributed by atoms with Crippen LogP contribution in [0.2, 0.25) is 0 Å². The van der Waals surface area contributed by atoms with Crippen LogP contribution in [0.4, 0.5) is 0 Å². The number of esters is 1. The Balaban J connectivity index is 1.96. The molecule has 0 unspecified atom stereocenters. The molecule has 0 bridgehead atoms. The number of nitrogens with zero attached hydrogens (tertiary/aromatic N) is 2. The lowest BCUT2D eigenvalue weighted by molar-refractivity contribution is 0.0601. The zero-order valence-electron chi connectivity index (χ0n) is 12.2. The van der Waals surface area contributed by atoms with E-state index in [0.717, 1.165) is 16.5 Å². The number of H-pyrrole nitrogens is 2. The molecule has 0 aliphatic carbocycles. The predicted octanol–water partition coefficient (Wildman–Crippen LogP) is 1.96. The summed E-state index contributed by atoms with van der Waals surface area (Å²) >= 11 is 0. The highest BCUT2D eigenvalue weighted by Gasteiger charge is 2.14. The maximum absolute atomic E-state index is 12.3. The smallest absolute Gasteiger partial charge is 0.339 e. The summed E-state index contributed by atoms with van der Waals surface area (Å²) < 4.78 is 6.07. The van der Waals surface area contributed by atoms with Gasteiger partial charge >= 0.3 is 5.97 Å². The largest absolute Gasteiger partial charge is 0.465 e. The molecule has 0 atom stereocenters. The molecule has 3 heterocycles. The van der Waals surface area contributed by atoms with Gasteiger partial charge in [0.2, 0.25) is 0 Å². The highest BCUT2D eigenvalue weighted by atomic mass is 16.5. The van der Waals surface area contributed by atoms with E-state index in [9.17, 15) is 9.59 Å². The highest BCUT2D eigenvalue weighted by Crippen LogP contribution is 2.24. The molecule has 0 saturated carbocycles. The molecule has 2 N–H and O–H groups in total. The molecule has 0 fully saturated rings. The number of methoxy groups -OCH3 is 1. The van der Waals surface area contributed by atoms with Gasteiger partial charge in [0.25, 0.3) is 5.56 Å². The van der Waals surface area contributed by atoms with Crippen LogP contribution in [0.15, 0.2) is 47.5 Å². The topological polar surface area (TPSA) is 92.2 Å². The van der Waals surface area contributed by atoms with E-state index in [4.69, 9.17) is 0 Å². The Morgan fingerprint density at radius 1 is 1.30 bits per heavy atom. The second-order valence-corrected chi connectivity index (χ2v) is 5.10. The fourth-order valence-electron chi connectivity index (χ4n) is 2.65. The van der Waals surface area contributed by atoms with E-state index >= 15 is 0 Å².